The fraction of sp³-hybridized carbons (Fsp3) is 0.207. The first-order valence-electron chi connectivity index (χ1n) is 11.5. The Kier molecular flexibility index (Phi) is 7.79. The molecule has 0 aliphatic rings. The van der Waals surface area contributed by atoms with Crippen molar-refractivity contribution in [1.29, 1.82) is 0 Å². The minimum Gasteiger partial charge on any atom is -0.491 e. The smallest absolute Gasteiger partial charge is 0.225 e. The van der Waals surface area contributed by atoms with E-state index in [2.05, 4.69) is 0 Å². The quantitative estimate of drug-likeness (QED) is 0.311. The van der Waals surface area contributed by atoms with Crippen LogP contribution in [0.3, 0.4) is 0 Å². The summed E-state index contributed by atoms with van der Waals surface area (Å²) in [5, 5.41) is 0. The van der Waals surface area contributed by atoms with Gasteiger partial charge < -0.3 is 19.9 Å². The molecule has 0 fully saturated rings. The molecule has 0 bridgehead atoms. The molecule has 0 saturated carbocycles. The highest BCUT2D eigenvalue weighted by molar-refractivity contribution is 5.71. The minimum atomic E-state index is 0.0570. The van der Waals surface area contributed by atoms with Crippen LogP contribution in [0.2, 0.25) is 0 Å². The van der Waals surface area contributed by atoms with E-state index in [-0.39, 0.29) is 6.10 Å². The average Bonchev–Trinajstić information content (AvgIpc) is 2.87. The zero-order chi connectivity index (χ0) is 23.8. The zero-order valence-electron chi connectivity index (χ0n) is 19.6. The molecule has 1 heterocycles. The molecule has 0 unspecified atom stereocenters. The third-order valence-electron chi connectivity index (χ3n) is 5.17. The van der Waals surface area contributed by atoms with Crippen LogP contribution in [0.25, 0.3) is 11.1 Å². The monoisotopic (exact) mass is 454 g/mol. The van der Waals surface area contributed by atoms with E-state index in [1.54, 1.807) is 0 Å². The Balaban J connectivity index is 1.66. The summed E-state index contributed by atoms with van der Waals surface area (Å²) in [4.78, 5) is 4.71. The maximum atomic E-state index is 6.20. The molecular formula is C29H30N2O3. The lowest BCUT2D eigenvalue weighted by molar-refractivity contribution is 0.242. The fourth-order valence-electron chi connectivity index (χ4n) is 3.57. The maximum absolute atomic E-state index is 6.20. The third kappa shape index (κ3) is 6.36. The van der Waals surface area contributed by atoms with Crippen LogP contribution in [-0.4, -0.2) is 11.1 Å². The van der Waals surface area contributed by atoms with Crippen molar-refractivity contribution in [2.24, 2.45) is 5.73 Å². The predicted molar refractivity (Wildman–Crippen MR) is 135 cm³/mol. The van der Waals surface area contributed by atoms with Gasteiger partial charge in [0.25, 0.3) is 0 Å². The summed E-state index contributed by atoms with van der Waals surface area (Å²) in [5.41, 5.74) is 10.9. The summed E-state index contributed by atoms with van der Waals surface area (Å²) in [7, 11) is 0. The van der Waals surface area contributed by atoms with Crippen LogP contribution in [0.4, 0.5) is 0 Å². The Morgan fingerprint density at radius 1 is 0.735 bits per heavy atom. The van der Waals surface area contributed by atoms with Gasteiger partial charge in [0.1, 0.15) is 19.0 Å². The van der Waals surface area contributed by atoms with Crippen LogP contribution < -0.4 is 19.9 Å². The molecular weight excluding hydrogens is 424 g/mol. The van der Waals surface area contributed by atoms with Crippen molar-refractivity contribution < 1.29 is 14.2 Å². The van der Waals surface area contributed by atoms with Crippen LogP contribution in [-0.2, 0) is 19.8 Å². The van der Waals surface area contributed by atoms with Gasteiger partial charge in [0.15, 0.2) is 0 Å². The number of aromatic nitrogens is 1. The first-order chi connectivity index (χ1) is 16.6. The standard InChI is InChI=1S/C29H30N2O3/c1-21(2)34-26-16-24(18-30)15-25(17-26)27-13-14-28(32-19-22-9-5-3-6-10-22)31-29(27)33-20-23-11-7-4-8-12-23/h3-17,21H,18-20,30H2,1-2H3. The van der Waals surface area contributed by atoms with Crippen molar-refractivity contribution in [1.82, 2.24) is 4.98 Å². The molecule has 4 aromatic rings. The van der Waals surface area contributed by atoms with Gasteiger partial charge in [-0.25, -0.2) is 0 Å². The van der Waals surface area contributed by atoms with E-state index in [1.807, 2.05) is 105 Å². The van der Waals surface area contributed by atoms with E-state index in [4.69, 9.17) is 24.9 Å². The summed E-state index contributed by atoms with van der Waals surface area (Å²) in [6.45, 7) is 5.25. The number of ether oxygens (including phenoxy) is 3. The largest absolute Gasteiger partial charge is 0.491 e. The second-order valence-electron chi connectivity index (χ2n) is 8.29. The highest BCUT2D eigenvalue weighted by atomic mass is 16.5. The van der Waals surface area contributed by atoms with Crippen molar-refractivity contribution >= 4 is 0 Å². The van der Waals surface area contributed by atoms with Crippen LogP contribution in [0.1, 0.15) is 30.5 Å². The number of pyridine rings is 1. The van der Waals surface area contributed by atoms with Gasteiger partial charge in [0.2, 0.25) is 11.8 Å². The van der Waals surface area contributed by atoms with Crippen molar-refractivity contribution in [3.8, 4) is 28.6 Å². The van der Waals surface area contributed by atoms with E-state index in [0.717, 1.165) is 33.6 Å². The van der Waals surface area contributed by atoms with Crippen molar-refractivity contribution in [3.05, 3.63) is 108 Å². The Morgan fingerprint density at radius 2 is 1.38 bits per heavy atom. The van der Waals surface area contributed by atoms with Crippen LogP contribution in [0.5, 0.6) is 17.5 Å². The predicted octanol–water partition coefficient (Wildman–Crippen LogP) is 6.15. The Hall–Kier alpha value is -3.83. The summed E-state index contributed by atoms with van der Waals surface area (Å²) >= 11 is 0. The van der Waals surface area contributed by atoms with Gasteiger partial charge in [-0.2, -0.15) is 4.98 Å². The second kappa shape index (κ2) is 11.3. The maximum Gasteiger partial charge on any atom is 0.225 e. The molecule has 174 valence electrons. The Morgan fingerprint density at radius 3 is 2.00 bits per heavy atom. The Labute approximate surface area is 201 Å². The van der Waals surface area contributed by atoms with E-state index in [1.165, 1.54) is 0 Å². The lowest BCUT2D eigenvalue weighted by Gasteiger charge is -2.16. The molecule has 0 spiro atoms. The molecule has 34 heavy (non-hydrogen) atoms. The molecule has 4 rings (SSSR count). The number of hydrogen-bond donors (Lipinski definition) is 1. The highest BCUT2D eigenvalue weighted by Gasteiger charge is 2.14. The van der Waals surface area contributed by atoms with Crippen LogP contribution in [0, 0.1) is 0 Å². The van der Waals surface area contributed by atoms with Gasteiger partial charge in [-0.3, -0.25) is 0 Å². The molecule has 3 aromatic carbocycles. The van der Waals surface area contributed by atoms with Gasteiger partial charge >= 0.3 is 0 Å². The van der Waals surface area contributed by atoms with Gasteiger partial charge in [-0.1, -0.05) is 60.7 Å². The molecule has 0 aliphatic carbocycles. The van der Waals surface area contributed by atoms with E-state index in [0.29, 0.717) is 31.5 Å². The summed E-state index contributed by atoms with van der Waals surface area (Å²) < 4.78 is 18.1. The topological polar surface area (TPSA) is 66.6 Å². The van der Waals surface area contributed by atoms with Crippen LogP contribution >= 0.6 is 0 Å². The van der Waals surface area contributed by atoms with Gasteiger partial charge in [0, 0.05) is 18.2 Å². The van der Waals surface area contributed by atoms with E-state index >= 15 is 0 Å². The van der Waals surface area contributed by atoms with Gasteiger partial charge in [-0.05, 0) is 60.4 Å². The van der Waals surface area contributed by atoms with Crippen molar-refractivity contribution in [2.75, 3.05) is 0 Å². The normalized spacial score (nSPS) is 10.8. The molecule has 0 amide bonds. The first-order valence-corrected chi connectivity index (χ1v) is 11.5. The number of rotatable bonds is 10. The average molecular weight is 455 g/mol. The fourth-order valence-corrected chi connectivity index (χ4v) is 3.57. The first kappa shape index (κ1) is 23.3. The van der Waals surface area contributed by atoms with E-state index in [9.17, 15) is 0 Å². The lowest BCUT2D eigenvalue weighted by atomic mass is 10.0. The number of nitrogens with zero attached hydrogens (tertiary/aromatic N) is 1. The molecule has 5 heteroatoms. The third-order valence-corrected chi connectivity index (χ3v) is 5.17. The summed E-state index contributed by atoms with van der Waals surface area (Å²) in [6.07, 6.45) is 0.0570. The minimum absolute atomic E-state index is 0.0570. The molecule has 0 atom stereocenters. The molecule has 2 N–H and O–H groups in total. The summed E-state index contributed by atoms with van der Waals surface area (Å²) in [6, 6.07) is 29.9. The van der Waals surface area contributed by atoms with Crippen molar-refractivity contribution in [2.45, 2.75) is 39.7 Å². The molecule has 0 aliphatic heterocycles. The highest BCUT2D eigenvalue weighted by Crippen LogP contribution is 2.34. The summed E-state index contributed by atoms with van der Waals surface area (Å²) in [5.74, 6) is 1.77. The van der Waals surface area contributed by atoms with Gasteiger partial charge in [0.05, 0.1) is 6.10 Å². The molecule has 1 aromatic heterocycles. The van der Waals surface area contributed by atoms with E-state index < -0.39 is 0 Å². The molecule has 5 nitrogen and oxygen atoms in total. The second-order valence-corrected chi connectivity index (χ2v) is 8.29. The zero-order valence-corrected chi connectivity index (χ0v) is 19.6. The number of benzene rings is 3. The SMILES string of the molecule is CC(C)Oc1cc(CN)cc(-c2ccc(OCc3ccccc3)nc2OCc2ccccc2)c1. The van der Waals surface area contributed by atoms with Crippen molar-refractivity contribution in [3.63, 3.8) is 0 Å². The van der Waals surface area contributed by atoms with Gasteiger partial charge in [-0.15, -0.1) is 0 Å². The number of hydrogen-bond acceptors (Lipinski definition) is 5. The molecule has 0 saturated heterocycles. The Bertz CT molecular complexity index is 1190. The number of nitrogens with two attached hydrogens (primary N) is 1. The van der Waals surface area contributed by atoms with Crippen LogP contribution in [0.15, 0.2) is 91.0 Å². The lowest BCUT2D eigenvalue weighted by Crippen LogP contribution is -2.07. The molecule has 0 radical (unpaired) electrons.